The van der Waals surface area contributed by atoms with E-state index in [0.717, 1.165) is 11.7 Å². The molecule has 0 aromatic carbocycles. The average Bonchev–Trinajstić information content (AvgIpc) is 3.20. The van der Waals surface area contributed by atoms with Gasteiger partial charge in [-0.15, -0.1) is 4.37 Å². The summed E-state index contributed by atoms with van der Waals surface area (Å²) in [5, 5.41) is 0. The molecular weight excluding hydrogens is 308 g/mol. The normalized spacial score (nSPS) is 22.6. The quantitative estimate of drug-likeness (QED) is 0.762. The van der Waals surface area contributed by atoms with Crippen molar-refractivity contribution in [1.82, 2.24) is 8.75 Å². The highest BCUT2D eigenvalue weighted by Gasteiger charge is 2.51. The van der Waals surface area contributed by atoms with E-state index in [1.807, 2.05) is 6.92 Å². The molecule has 0 unspecified atom stereocenters. The minimum Gasteiger partial charge on any atom is -0.475 e. The van der Waals surface area contributed by atoms with Gasteiger partial charge in [-0.2, -0.15) is 4.37 Å². The van der Waals surface area contributed by atoms with Crippen LogP contribution in [-0.4, -0.2) is 46.9 Å². The van der Waals surface area contributed by atoms with Crippen LogP contribution in [0.25, 0.3) is 0 Å². The molecule has 1 saturated heterocycles. The Hall–Kier alpha value is -1.25. The largest absolute Gasteiger partial charge is 0.475 e. The summed E-state index contributed by atoms with van der Waals surface area (Å²) in [4.78, 5) is 12.5. The van der Waals surface area contributed by atoms with Gasteiger partial charge >= 0.3 is 5.97 Å². The van der Waals surface area contributed by atoms with Gasteiger partial charge in [0.15, 0.2) is 5.79 Å². The van der Waals surface area contributed by atoms with Crippen LogP contribution in [0.15, 0.2) is 6.20 Å². The highest BCUT2D eigenvalue weighted by Crippen LogP contribution is 2.45. The predicted molar refractivity (Wildman–Crippen MR) is 77.6 cm³/mol. The lowest BCUT2D eigenvalue weighted by Gasteiger charge is -2.41. The first-order valence-electron chi connectivity index (χ1n) is 7.54. The third-order valence-corrected chi connectivity index (χ3v) is 4.79. The van der Waals surface area contributed by atoms with Crippen molar-refractivity contribution in [2.45, 2.75) is 38.4 Å². The molecule has 0 N–H and O–H groups in total. The van der Waals surface area contributed by atoms with Crippen LogP contribution in [0.4, 0.5) is 0 Å². The van der Waals surface area contributed by atoms with Crippen LogP contribution in [0.2, 0.25) is 0 Å². The maximum atomic E-state index is 12.5. The second kappa shape index (κ2) is 6.47. The van der Waals surface area contributed by atoms with Gasteiger partial charge in [0.25, 0.3) is 0 Å². The van der Waals surface area contributed by atoms with E-state index in [-0.39, 0.29) is 12.6 Å². The summed E-state index contributed by atoms with van der Waals surface area (Å²) >= 11 is 1.08. The Morgan fingerprint density at radius 1 is 1.32 bits per heavy atom. The molecular formula is C14H20N2O5S. The van der Waals surface area contributed by atoms with Gasteiger partial charge in [-0.25, -0.2) is 0 Å². The summed E-state index contributed by atoms with van der Waals surface area (Å²) in [7, 11) is 0. The van der Waals surface area contributed by atoms with Crippen molar-refractivity contribution in [3.63, 3.8) is 0 Å². The van der Waals surface area contributed by atoms with Gasteiger partial charge in [0.2, 0.25) is 5.88 Å². The zero-order valence-corrected chi connectivity index (χ0v) is 13.4. The molecule has 1 saturated carbocycles. The van der Waals surface area contributed by atoms with Crippen LogP contribution in [-0.2, 0) is 19.0 Å². The molecule has 2 heterocycles. The minimum absolute atomic E-state index is 0.217. The van der Waals surface area contributed by atoms with Crippen molar-refractivity contribution < 1.29 is 23.7 Å². The zero-order chi connectivity index (χ0) is 15.5. The second-order valence-electron chi connectivity index (χ2n) is 5.64. The summed E-state index contributed by atoms with van der Waals surface area (Å²) in [5.41, 5.74) is -0.666. The van der Waals surface area contributed by atoms with Crippen LogP contribution in [0.1, 0.15) is 32.6 Å². The van der Waals surface area contributed by atoms with E-state index in [9.17, 15) is 4.79 Å². The molecule has 0 bridgehead atoms. The SMILES string of the molecule is CCOC(=O)C1(COc2cnsn2)CCC2(CC1)OCCO2. The third kappa shape index (κ3) is 3.09. The Morgan fingerprint density at radius 2 is 2.05 bits per heavy atom. The van der Waals surface area contributed by atoms with Crippen molar-refractivity contribution >= 4 is 17.7 Å². The Balaban J connectivity index is 1.68. The van der Waals surface area contributed by atoms with Crippen LogP contribution >= 0.6 is 11.7 Å². The van der Waals surface area contributed by atoms with E-state index >= 15 is 0 Å². The molecule has 2 fully saturated rings. The molecule has 7 nitrogen and oxygen atoms in total. The number of hydrogen-bond acceptors (Lipinski definition) is 8. The topological polar surface area (TPSA) is 79.8 Å². The molecule has 0 amide bonds. The first-order valence-corrected chi connectivity index (χ1v) is 8.27. The number of ether oxygens (including phenoxy) is 4. The molecule has 2 aliphatic rings. The van der Waals surface area contributed by atoms with Crippen molar-refractivity contribution in [2.75, 3.05) is 26.4 Å². The van der Waals surface area contributed by atoms with Gasteiger partial charge in [0.1, 0.15) is 18.2 Å². The number of aromatic nitrogens is 2. The summed E-state index contributed by atoms with van der Waals surface area (Å²) in [6.07, 6.45) is 4.12. The number of rotatable bonds is 5. The number of esters is 1. The maximum Gasteiger partial charge on any atom is 0.315 e. The van der Waals surface area contributed by atoms with E-state index in [1.165, 1.54) is 0 Å². The molecule has 0 atom stereocenters. The van der Waals surface area contributed by atoms with E-state index in [1.54, 1.807) is 6.20 Å². The Labute approximate surface area is 133 Å². The van der Waals surface area contributed by atoms with E-state index < -0.39 is 11.2 Å². The number of carbonyl (C=O) groups is 1. The van der Waals surface area contributed by atoms with Crippen molar-refractivity contribution in [2.24, 2.45) is 5.41 Å². The van der Waals surface area contributed by atoms with Crippen LogP contribution in [0.5, 0.6) is 5.88 Å². The van der Waals surface area contributed by atoms with Gasteiger partial charge < -0.3 is 18.9 Å². The molecule has 1 aliphatic heterocycles. The fourth-order valence-corrected chi connectivity index (χ4v) is 3.38. The van der Waals surface area contributed by atoms with Gasteiger partial charge in [0.05, 0.1) is 31.5 Å². The Morgan fingerprint density at radius 3 is 2.64 bits per heavy atom. The molecule has 22 heavy (non-hydrogen) atoms. The highest BCUT2D eigenvalue weighted by molar-refractivity contribution is 6.99. The number of hydrogen-bond donors (Lipinski definition) is 0. The molecule has 1 spiro atoms. The number of carbonyl (C=O) groups excluding carboxylic acids is 1. The first kappa shape index (κ1) is 15.6. The van der Waals surface area contributed by atoms with E-state index in [2.05, 4.69) is 8.75 Å². The van der Waals surface area contributed by atoms with Crippen LogP contribution in [0, 0.1) is 5.41 Å². The van der Waals surface area contributed by atoms with Crippen molar-refractivity contribution in [3.05, 3.63) is 6.20 Å². The average molecular weight is 328 g/mol. The first-order chi connectivity index (χ1) is 10.7. The summed E-state index contributed by atoms with van der Waals surface area (Å²) in [5.74, 6) is -0.286. The lowest BCUT2D eigenvalue weighted by atomic mass is 9.72. The van der Waals surface area contributed by atoms with Gasteiger partial charge in [-0.1, -0.05) is 0 Å². The smallest absolute Gasteiger partial charge is 0.315 e. The van der Waals surface area contributed by atoms with Gasteiger partial charge in [-0.05, 0) is 19.8 Å². The van der Waals surface area contributed by atoms with Gasteiger partial charge in [-0.3, -0.25) is 4.79 Å². The molecule has 1 aromatic rings. The fourth-order valence-electron chi connectivity index (χ4n) is 3.02. The van der Waals surface area contributed by atoms with Gasteiger partial charge in [0, 0.05) is 12.8 Å². The van der Waals surface area contributed by atoms with E-state index in [4.69, 9.17) is 18.9 Å². The molecule has 1 aromatic heterocycles. The van der Waals surface area contributed by atoms with E-state index in [0.29, 0.717) is 51.4 Å². The molecule has 8 heteroatoms. The molecule has 1 aliphatic carbocycles. The lowest BCUT2D eigenvalue weighted by molar-refractivity contribution is -0.201. The second-order valence-corrected chi connectivity index (χ2v) is 6.20. The fraction of sp³-hybridized carbons (Fsp3) is 0.786. The molecule has 3 rings (SSSR count). The maximum absolute atomic E-state index is 12.5. The van der Waals surface area contributed by atoms with Crippen LogP contribution < -0.4 is 4.74 Å². The van der Waals surface area contributed by atoms with Crippen molar-refractivity contribution in [1.29, 1.82) is 0 Å². The Kier molecular flexibility index (Phi) is 4.60. The Bertz CT molecular complexity index is 491. The van der Waals surface area contributed by atoms with Crippen molar-refractivity contribution in [3.8, 4) is 5.88 Å². The summed E-state index contributed by atoms with van der Waals surface area (Å²) in [6, 6.07) is 0. The standard InChI is InChI=1S/C14H20N2O5S/c1-2-18-12(17)13(10-19-11-9-15-22-16-11)3-5-14(6-4-13)20-7-8-21-14/h9H,2-8,10H2,1H3. The monoisotopic (exact) mass is 328 g/mol. The zero-order valence-electron chi connectivity index (χ0n) is 12.6. The molecule has 0 radical (unpaired) electrons. The third-order valence-electron chi connectivity index (χ3n) is 4.33. The summed E-state index contributed by atoms with van der Waals surface area (Å²) in [6.45, 7) is 3.65. The lowest BCUT2D eigenvalue weighted by Crippen LogP contribution is -2.47. The predicted octanol–water partition coefficient (Wildman–Crippen LogP) is 1.78. The number of nitrogens with zero attached hydrogens (tertiary/aromatic N) is 2. The molecule has 122 valence electrons. The summed E-state index contributed by atoms with van der Waals surface area (Å²) < 4.78 is 30.3. The van der Waals surface area contributed by atoms with Crippen LogP contribution in [0.3, 0.4) is 0 Å². The highest BCUT2D eigenvalue weighted by atomic mass is 32.1. The minimum atomic E-state index is -0.666.